The summed E-state index contributed by atoms with van der Waals surface area (Å²) in [6.07, 6.45) is -4.47. The van der Waals surface area contributed by atoms with Crippen molar-refractivity contribution in [3.05, 3.63) is 34.3 Å². The molecule has 0 bridgehead atoms. The summed E-state index contributed by atoms with van der Waals surface area (Å²) < 4.78 is 36.5. The van der Waals surface area contributed by atoms with Crippen LogP contribution >= 0.6 is 15.9 Å². The number of hydrogen-bond acceptors (Lipinski definition) is 2. The van der Waals surface area contributed by atoms with Gasteiger partial charge in [0.15, 0.2) is 0 Å². The van der Waals surface area contributed by atoms with Crippen molar-refractivity contribution >= 4 is 27.7 Å². The standard InChI is InChI=1S/C13H14BrF3N2O2/c14-10-5-2-1-4-9(10)8-11(20)18-6-3-7-19-12(21)13(15,16)17/h1-2,4-5H,3,6-8H2,(H,18,20)(H,19,21). The monoisotopic (exact) mass is 366 g/mol. The number of halogens is 4. The van der Waals surface area contributed by atoms with Crippen molar-refractivity contribution in [2.75, 3.05) is 13.1 Å². The summed E-state index contributed by atoms with van der Waals surface area (Å²) in [4.78, 5) is 22.1. The Morgan fingerprint density at radius 1 is 1.10 bits per heavy atom. The molecule has 0 fully saturated rings. The van der Waals surface area contributed by atoms with Crippen molar-refractivity contribution in [2.45, 2.75) is 19.0 Å². The minimum Gasteiger partial charge on any atom is -0.356 e. The van der Waals surface area contributed by atoms with E-state index >= 15 is 0 Å². The molecule has 0 saturated carbocycles. The van der Waals surface area contributed by atoms with Crippen LogP contribution in [0.25, 0.3) is 0 Å². The number of amides is 2. The van der Waals surface area contributed by atoms with Crippen LogP contribution in [0.3, 0.4) is 0 Å². The molecule has 0 saturated heterocycles. The summed E-state index contributed by atoms with van der Waals surface area (Å²) in [5, 5.41) is 4.31. The summed E-state index contributed by atoms with van der Waals surface area (Å²) in [6, 6.07) is 7.25. The lowest BCUT2D eigenvalue weighted by molar-refractivity contribution is -0.173. The second-order valence-electron chi connectivity index (χ2n) is 4.23. The molecule has 0 aliphatic heterocycles. The highest BCUT2D eigenvalue weighted by molar-refractivity contribution is 9.10. The first kappa shape index (κ1) is 17.5. The molecule has 0 aromatic heterocycles. The molecule has 0 unspecified atom stereocenters. The molecule has 1 rings (SSSR count). The molecule has 0 atom stereocenters. The third kappa shape index (κ3) is 6.61. The Morgan fingerprint density at radius 3 is 2.33 bits per heavy atom. The van der Waals surface area contributed by atoms with E-state index in [2.05, 4.69) is 21.2 Å². The predicted molar refractivity (Wildman–Crippen MR) is 74.5 cm³/mol. The van der Waals surface area contributed by atoms with Gasteiger partial charge in [0.25, 0.3) is 0 Å². The van der Waals surface area contributed by atoms with Crippen molar-refractivity contribution in [2.24, 2.45) is 0 Å². The van der Waals surface area contributed by atoms with Crippen LogP contribution in [0.4, 0.5) is 13.2 Å². The van der Waals surface area contributed by atoms with Crippen LogP contribution in [0.1, 0.15) is 12.0 Å². The predicted octanol–water partition coefficient (Wildman–Crippen LogP) is 2.18. The van der Waals surface area contributed by atoms with Gasteiger partial charge in [-0.1, -0.05) is 34.1 Å². The molecule has 0 aliphatic rings. The van der Waals surface area contributed by atoms with E-state index < -0.39 is 12.1 Å². The average Bonchev–Trinajstić information content (AvgIpc) is 2.39. The van der Waals surface area contributed by atoms with Crippen molar-refractivity contribution in [1.29, 1.82) is 0 Å². The average molecular weight is 367 g/mol. The Labute approximate surface area is 128 Å². The minimum atomic E-state index is -4.87. The number of nitrogens with one attached hydrogen (secondary N) is 2. The van der Waals surface area contributed by atoms with Crippen LogP contribution in [-0.2, 0) is 16.0 Å². The molecule has 8 heteroatoms. The SMILES string of the molecule is O=C(Cc1ccccc1Br)NCCCNC(=O)C(F)(F)F. The van der Waals surface area contributed by atoms with Gasteiger partial charge in [-0.25, -0.2) is 0 Å². The Bertz CT molecular complexity index is 506. The van der Waals surface area contributed by atoms with E-state index in [0.717, 1.165) is 10.0 Å². The van der Waals surface area contributed by atoms with Gasteiger partial charge in [-0.2, -0.15) is 13.2 Å². The van der Waals surface area contributed by atoms with E-state index in [1.807, 2.05) is 12.1 Å². The summed E-state index contributed by atoms with van der Waals surface area (Å²) in [5.41, 5.74) is 0.820. The van der Waals surface area contributed by atoms with Crippen LogP contribution in [0.15, 0.2) is 28.7 Å². The largest absolute Gasteiger partial charge is 0.471 e. The fourth-order valence-electron chi connectivity index (χ4n) is 1.50. The molecule has 1 aromatic carbocycles. The van der Waals surface area contributed by atoms with Crippen LogP contribution in [-0.4, -0.2) is 31.1 Å². The third-order valence-electron chi connectivity index (χ3n) is 2.53. The molecule has 2 N–H and O–H groups in total. The molecule has 0 spiro atoms. The number of benzene rings is 1. The molecule has 1 aromatic rings. The number of carbonyl (C=O) groups is 2. The molecule has 116 valence electrons. The number of rotatable bonds is 6. The minimum absolute atomic E-state index is 0.145. The molecule has 0 heterocycles. The molecule has 0 aliphatic carbocycles. The van der Waals surface area contributed by atoms with Gasteiger partial charge in [0.05, 0.1) is 6.42 Å². The van der Waals surface area contributed by atoms with Gasteiger partial charge in [-0.05, 0) is 18.1 Å². The first-order valence-electron chi connectivity index (χ1n) is 6.16. The van der Waals surface area contributed by atoms with Gasteiger partial charge in [-0.3, -0.25) is 9.59 Å². The van der Waals surface area contributed by atoms with Crippen LogP contribution in [0, 0.1) is 0 Å². The van der Waals surface area contributed by atoms with E-state index in [1.54, 1.807) is 17.4 Å². The number of hydrogen-bond donors (Lipinski definition) is 2. The van der Waals surface area contributed by atoms with Gasteiger partial charge in [0.2, 0.25) is 5.91 Å². The zero-order valence-corrected chi connectivity index (χ0v) is 12.6. The highest BCUT2D eigenvalue weighted by atomic mass is 79.9. The number of alkyl halides is 3. The second kappa shape index (κ2) is 8.02. The maximum Gasteiger partial charge on any atom is 0.471 e. The molecule has 2 amide bonds. The Morgan fingerprint density at radius 2 is 1.71 bits per heavy atom. The lowest BCUT2D eigenvalue weighted by Gasteiger charge is -2.09. The molecule has 21 heavy (non-hydrogen) atoms. The normalized spacial score (nSPS) is 11.0. The van der Waals surface area contributed by atoms with E-state index in [0.29, 0.717) is 0 Å². The Kier molecular flexibility index (Phi) is 6.67. The Hall–Kier alpha value is -1.57. The number of carbonyl (C=O) groups excluding carboxylic acids is 2. The second-order valence-corrected chi connectivity index (χ2v) is 5.08. The lowest BCUT2D eigenvalue weighted by Crippen LogP contribution is -2.38. The van der Waals surface area contributed by atoms with Gasteiger partial charge in [0.1, 0.15) is 0 Å². The maximum absolute atomic E-state index is 11.9. The first-order chi connectivity index (χ1) is 9.80. The zero-order valence-electron chi connectivity index (χ0n) is 11.0. The van der Waals surface area contributed by atoms with Crippen molar-refractivity contribution in [3.8, 4) is 0 Å². The van der Waals surface area contributed by atoms with Gasteiger partial charge in [0, 0.05) is 17.6 Å². The zero-order chi connectivity index (χ0) is 15.9. The van der Waals surface area contributed by atoms with E-state index in [9.17, 15) is 22.8 Å². The van der Waals surface area contributed by atoms with E-state index in [1.165, 1.54) is 0 Å². The van der Waals surface area contributed by atoms with E-state index in [-0.39, 0.29) is 31.8 Å². The fraction of sp³-hybridized carbons (Fsp3) is 0.385. The first-order valence-corrected chi connectivity index (χ1v) is 6.95. The Balaban J connectivity index is 2.20. The molecular weight excluding hydrogens is 353 g/mol. The smallest absolute Gasteiger partial charge is 0.356 e. The molecule has 4 nitrogen and oxygen atoms in total. The van der Waals surface area contributed by atoms with Crippen molar-refractivity contribution in [1.82, 2.24) is 10.6 Å². The highest BCUT2D eigenvalue weighted by Gasteiger charge is 2.38. The maximum atomic E-state index is 11.9. The summed E-state index contributed by atoms with van der Waals surface area (Å²) in [7, 11) is 0. The van der Waals surface area contributed by atoms with Crippen molar-refractivity contribution < 1.29 is 22.8 Å². The highest BCUT2D eigenvalue weighted by Crippen LogP contribution is 2.16. The van der Waals surface area contributed by atoms with Gasteiger partial charge in [-0.15, -0.1) is 0 Å². The summed E-state index contributed by atoms with van der Waals surface area (Å²) in [5.74, 6) is -2.20. The van der Waals surface area contributed by atoms with Gasteiger partial charge >= 0.3 is 12.1 Å². The lowest BCUT2D eigenvalue weighted by atomic mass is 10.1. The molecule has 0 radical (unpaired) electrons. The van der Waals surface area contributed by atoms with E-state index in [4.69, 9.17) is 0 Å². The molecular formula is C13H14BrF3N2O2. The van der Waals surface area contributed by atoms with Crippen molar-refractivity contribution in [3.63, 3.8) is 0 Å². The van der Waals surface area contributed by atoms with Crippen LogP contribution in [0.2, 0.25) is 0 Å². The summed E-state index contributed by atoms with van der Waals surface area (Å²) in [6.45, 7) is 0.0507. The van der Waals surface area contributed by atoms with Gasteiger partial charge < -0.3 is 10.6 Å². The summed E-state index contributed by atoms with van der Waals surface area (Å²) >= 11 is 3.32. The fourth-order valence-corrected chi connectivity index (χ4v) is 1.92. The van der Waals surface area contributed by atoms with Crippen LogP contribution in [0.5, 0.6) is 0 Å². The third-order valence-corrected chi connectivity index (χ3v) is 3.30. The van der Waals surface area contributed by atoms with Crippen LogP contribution < -0.4 is 10.6 Å². The topological polar surface area (TPSA) is 58.2 Å². The quantitative estimate of drug-likeness (QED) is 0.758.